The van der Waals surface area contributed by atoms with Crippen LogP contribution in [0, 0.1) is 0 Å². The summed E-state index contributed by atoms with van der Waals surface area (Å²) in [6.07, 6.45) is 0. The maximum absolute atomic E-state index is 0. The first-order valence-electron chi connectivity index (χ1n) is 0. The average molecular weight is 144 g/mol. The molecule has 0 aliphatic carbocycles. The van der Waals surface area contributed by atoms with Crippen molar-refractivity contribution in [3.8, 4) is 0 Å². The van der Waals surface area contributed by atoms with E-state index in [9.17, 15) is 0 Å². The molecule has 0 heterocycles. The monoisotopic (exact) mass is 143 g/mol. The Labute approximate surface area is 80.7 Å². The van der Waals surface area contributed by atoms with Crippen LogP contribution in [0.5, 0.6) is 0 Å². The van der Waals surface area contributed by atoms with Gasteiger partial charge in [0.15, 0.2) is 0 Å². The molecule has 4 heteroatoms. The third kappa shape index (κ3) is 8.82. The molecule has 3 radical (unpaired) electrons. The average Bonchev–Trinajstić information content (AvgIpc) is 0. The van der Waals surface area contributed by atoms with E-state index in [2.05, 4.69) is 0 Å². The molecule has 0 N–H and O–H groups in total. The fraction of sp³-hybridized carbons (Fsp3) is 0. The van der Waals surface area contributed by atoms with Crippen molar-refractivity contribution in [2.24, 2.45) is 0 Å². The maximum Gasteiger partial charge on any atom is 0 e. The first-order valence-corrected chi connectivity index (χ1v) is 0. The van der Waals surface area contributed by atoms with Crippen molar-refractivity contribution in [2.75, 3.05) is 0 Å². The first kappa shape index (κ1) is 30.5. The molecule has 0 unspecified atom stereocenters. The first-order chi connectivity index (χ1) is 0. The second kappa shape index (κ2) is 17.5. The van der Waals surface area contributed by atoms with E-state index in [1.54, 1.807) is 0 Å². The van der Waals surface area contributed by atoms with E-state index < -0.39 is 0 Å². The van der Waals surface area contributed by atoms with Crippen molar-refractivity contribution in [1.82, 2.24) is 0 Å². The smallest absolute Gasteiger partial charge is 0 e. The van der Waals surface area contributed by atoms with E-state index in [1.165, 1.54) is 0 Å². The Kier molecular flexibility index (Phi) is 134. The zero-order valence-electron chi connectivity index (χ0n) is 2.69. The van der Waals surface area contributed by atoms with Crippen molar-refractivity contribution < 1.29 is 33.6 Å². The Morgan fingerprint density at radius 3 is 1.00 bits per heavy atom. The second-order valence-electron chi connectivity index (χ2n) is 0. The standard InChI is InChI=1S/Li.Mn.Na.Ni. The number of hydrogen-bond donors (Lipinski definition) is 0. The Morgan fingerprint density at radius 1 is 1.00 bits per heavy atom. The summed E-state index contributed by atoms with van der Waals surface area (Å²) in [5.74, 6) is 0. The number of hydrogen-bond acceptors (Lipinski definition) is 0. The molecule has 0 nitrogen and oxygen atoms in total. The molecular weight excluding hydrogens is 144 g/mol. The van der Waals surface area contributed by atoms with Crippen molar-refractivity contribution in [2.45, 2.75) is 0 Å². The van der Waals surface area contributed by atoms with Crippen molar-refractivity contribution in [3.05, 3.63) is 0 Å². The van der Waals surface area contributed by atoms with Crippen LogP contribution in [0.25, 0.3) is 0 Å². The van der Waals surface area contributed by atoms with Crippen LogP contribution in [-0.4, -0.2) is 48.4 Å². The Bertz CT molecular complexity index is 8.00. The third-order valence-electron chi connectivity index (χ3n) is 0. The Hall–Kier alpha value is 2.61. The molecular formula is LiMnNaNi. The van der Waals surface area contributed by atoms with Gasteiger partial charge in [-0.1, -0.05) is 0 Å². The molecule has 0 fully saturated rings. The van der Waals surface area contributed by atoms with Crippen LogP contribution < -0.4 is 0 Å². The molecule has 19 valence electrons. The fourth-order valence-corrected chi connectivity index (χ4v) is 0. The van der Waals surface area contributed by atoms with Gasteiger partial charge in [-0.05, 0) is 0 Å². The minimum atomic E-state index is 0. The molecule has 0 saturated carbocycles. The molecule has 0 atom stereocenters. The maximum atomic E-state index is 0. The summed E-state index contributed by atoms with van der Waals surface area (Å²) in [6, 6.07) is 0. The van der Waals surface area contributed by atoms with Crippen LogP contribution >= 0.6 is 0 Å². The van der Waals surface area contributed by atoms with Gasteiger partial charge >= 0.3 is 0 Å². The molecule has 0 bridgehead atoms. The second-order valence-corrected chi connectivity index (χ2v) is 0. The molecule has 0 saturated heterocycles. The summed E-state index contributed by atoms with van der Waals surface area (Å²) >= 11 is 0. The van der Waals surface area contributed by atoms with Gasteiger partial charge in [-0.25, -0.2) is 0 Å². The SMILES string of the molecule is [Li].[Mn].[Na].[Ni]. The van der Waals surface area contributed by atoms with E-state index in [1.807, 2.05) is 0 Å². The molecule has 0 aromatic rings. The van der Waals surface area contributed by atoms with Gasteiger partial charge in [-0.15, -0.1) is 0 Å². The van der Waals surface area contributed by atoms with Crippen molar-refractivity contribution in [1.29, 1.82) is 0 Å². The molecule has 0 amide bonds. The minimum absolute atomic E-state index is 0. The Morgan fingerprint density at radius 2 is 1.00 bits per heavy atom. The molecule has 0 spiro atoms. The molecule has 0 aromatic heterocycles. The van der Waals surface area contributed by atoms with Gasteiger partial charge in [0, 0.05) is 82.0 Å². The van der Waals surface area contributed by atoms with Gasteiger partial charge in [-0.2, -0.15) is 0 Å². The predicted octanol–water partition coefficient (Wildman–Crippen LogP) is -0.767. The van der Waals surface area contributed by atoms with Gasteiger partial charge in [0.2, 0.25) is 0 Å². The van der Waals surface area contributed by atoms with Crippen LogP contribution in [0.15, 0.2) is 0 Å². The normalized spacial score (nSPS) is 0. The third-order valence-corrected chi connectivity index (χ3v) is 0. The summed E-state index contributed by atoms with van der Waals surface area (Å²) in [6.45, 7) is 0. The van der Waals surface area contributed by atoms with Crippen LogP contribution in [0.3, 0.4) is 0 Å². The van der Waals surface area contributed by atoms with Gasteiger partial charge in [0.05, 0.1) is 0 Å². The van der Waals surface area contributed by atoms with Crippen LogP contribution in [0.2, 0.25) is 0 Å². The quantitative estimate of drug-likeness (QED) is 0.391. The van der Waals surface area contributed by atoms with E-state index in [-0.39, 0.29) is 82.0 Å². The Balaban J connectivity index is 0. The molecule has 0 aliphatic heterocycles. The van der Waals surface area contributed by atoms with Gasteiger partial charge in [0.1, 0.15) is 0 Å². The van der Waals surface area contributed by atoms with Gasteiger partial charge in [0.25, 0.3) is 0 Å². The van der Waals surface area contributed by atoms with Crippen LogP contribution in [-0.2, 0) is 33.6 Å². The minimum Gasteiger partial charge on any atom is 0 e. The van der Waals surface area contributed by atoms with E-state index >= 15 is 0 Å². The number of rotatable bonds is 0. The molecule has 0 rings (SSSR count). The van der Waals surface area contributed by atoms with Crippen LogP contribution in [0.4, 0.5) is 0 Å². The van der Waals surface area contributed by atoms with E-state index in [4.69, 9.17) is 0 Å². The summed E-state index contributed by atoms with van der Waals surface area (Å²) in [7, 11) is 0. The summed E-state index contributed by atoms with van der Waals surface area (Å²) in [5.41, 5.74) is 0. The van der Waals surface area contributed by atoms with E-state index in [0.717, 1.165) is 0 Å². The fourth-order valence-electron chi connectivity index (χ4n) is 0. The largest absolute Gasteiger partial charge is 0 e. The zero-order valence-corrected chi connectivity index (χ0v) is 6.86. The van der Waals surface area contributed by atoms with Crippen molar-refractivity contribution >= 4 is 48.4 Å². The molecule has 0 aromatic carbocycles. The van der Waals surface area contributed by atoms with E-state index in [0.29, 0.717) is 0 Å². The molecule has 0 aliphatic rings. The summed E-state index contributed by atoms with van der Waals surface area (Å²) in [4.78, 5) is 0. The van der Waals surface area contributed by atoms with Gasteiger partial charge in [-0.3, -0.25) is 0 Å². The van der Waals surface area contributed by atoms with Crippen molar-refractivity contribution in [3.63, 3.8) is 0 Å². The summed E-state index contributed by atoms with van der Waals surface area (Å²) in [5, 5.41) is 0. The molecule has 4 heavy (non-hydrogen) atoms. The topological polar surface area (TPSA) is 0 Å². The summed E-state index contributed by atoms with van der Waals surface area (Å²) < 4.78 is 0. The van der Waals surface area contributed by atoms with Crippen LogP contribution in [0.1, 0.15) is 0 Å². The predicted molar refractivity (Wildman–Crippen MR) is 11.5 cm³/mol. The van der Waals surface area contributed by atoms with Gasteiger partial charge < -0.3 is 0 Å². The zero-order chi connectivity index (χ0) is 0.